The van der Waals surface area contributed by atoms with Crippen LogP contribution in [0.4, 0.5) is 0 Å². The van der Waals surface area contributed by atoms with E-state index in [4.69, 9.17) is 10.2 Å². The molecule has 5 nitrogen and oxygen atoms in total. The summed E-state index contributed by atoms with van der Waals surface area (Å²) in [6.07, 6.45) is 7.64. The Morgan fingerprint density at radius 2 is 1.33 bits per heavy atom. The molecule has 0 aliphatic carbocycles. The maximum absolute atomic E-state index is 11.5. The highest BCUT2D eigenvalue weighted by Gasteiger charge is 2.31. The molecule has 0 aliphatic heterocycles. The van der Waals surface area contributed by atoms with Crippen LogP contribution in [-0.4, -0.2) is 27.3 Å². The van der Waals surface area contributed by atoms with Gasteiger partial charge in [-0.1, -0.05) is 45.4 Å². The first-order chi connectivity index (χ1) is 9.95. The molecule has 0 radical (unpaired) electrons. The molecule has 0 aliphatic rings. The van der Waals surface area contributed by atoms with Crippen LogP contribution in [0.1, 0.15) is 77.6 Å². The SMILES string of the molecule is CCCCCCCCC(CCC(=O)O)(CCC(=O)O)P=O. The summed E-state index contributed by atoms with van der Waals surface area (Å²) in [5.74, 6) is -1.86. The van der Waals surface area contributed by atoms with Gasteiger partial charge in [0.15, 0.2) is 8.46 Å². The Kier molecular flexibility index (Phi) is 11.1. The number of carboxylic acid groups (broad SMARTS) is 2. The predicted molar refractivity (Wildman–Crippen MR) is 82.1 cm³/mol. The van der Waals surface area contributed by atoms with Crippen molar-refractivity contribution in [1.29, 1.82) is 0 Å². The van der Waals surface area contributed by atoms with Gasteiger partial charge in [-0.15, -0.1) is 0 Å². The molecule has 2 N–H and O–H groups in total. The van der Waals surface area contributed by atoms with Crippen LogP contribution in [0.15, 0.2) is 0 Å². The normalized spacial score (nSPS) is 11.7. The van der Waals surface area contributed by atoms with Crippen LogP contribution in [0.25, 0.3) is 0 Å². The number of hydrogen-bond acceptors (Lipinski definition) is 3. The van der Waals surface area contributed by atoms with Crippen LogP contribution in [-0.2, 0) is 14.2 Å². The fourth-order valence-corrected chi connectivity index (χ4v) is 3.08. The average molecular weight is 318 g/mol. The smallest absolute Gasteiger partial charge is 0.303 e. The summed E-state index contributed by atoms with van der Waals surface area (Å²) < 4.78 is 11.5. The molecule has 0 fully saturated rings. The van der Waals surface area contributed by atoms with E-state index in [0.717, 1.165) is 19.3 Å². The van der Waals surface area contributed by atoms with Crippen molar-refractivity contribution in [3.8, 4) is 0 Å². The minimum Gasteiger partial charge on any atom is -0.481 e. The highest BCUT2D eigenvalue weighted by Crippen LogP contribution is 2.39. The molecule has 6 heteroatoms. The van der Waals surface area contributed by atoms with Gasteiger partial charge in [0.1, 0.15) is 0 Å². The molecule has 0 unspecified atom stereocenters. The molecule has 0 spiro atoms. The standard InChI is InChI=1S/C15H27O5P/c1-2-3-4-5-6-7-10-15(21-20,11-8-13(16)17)12-9-14(18)19/h2-12H2,1H3,(H,16,17)(H,18,19). The van der Waals surface area contributed by atoms with Crippen molar-refractivity contribution in [3.63, 3.8) is 0 Å². The number of hydrogen-bond donors (Lipinski definition) is 2. The van der Waals surface area contributed by atoms with Crippen molar-refractivity contribution < 1.29 is 24.4 Å². The van der Waals surface area contributed by atoms with E-state index in [1.807, 2.05) is 0 Å². The van der Waals surface area contributed by atoms with Crippen molar-refractivity contribution >= 4 is 20.4 Å². The third-order valence-electron chi connectivity index (χ3n) is 3.80. The van der Waals surface area contributed by atoms with Gasteiger partial charge in [-0.2, -0.15) is 0 Å². The molecule has 0 saturated carbocycles. The minimum atomic E-state index is -0.929. The summed E-state index contributed by atoms with van der Waals surface area (Å²) in [4.78, 5) is 21.5. The van der Waals surface area contributed by atoms with Gasteiger partial charge in [0.05, 0.1) is 5.16 Å². The summed E-state index contributed by atoms with van der Waals surface area (Å²) in [5, 5.41) is 16.9. The van der Waals surface area contributed by atoms with Gasteiger partial charge in [0.25, 0.3) is 0 Å². The minimum absolute atomic E-state index is 0.0648. The van der Waals surface area contributed by atoms with E-state index in [0.29, 0.717) is 6.42 Å². The maximum atomic E-state index is 11.5. The topological polar surface area (TPSA) is 91.7 Å². The van der Waals surface area contributed by atoms with Crippen LogP contribution in [0.2, 0.25) is 0 Å². The van der Waals surface area contributed by atoms with Crippen LogP contribution >= 0.6 is 8.46 Å². The zero-order chi connectivity index (χ0) is 16.1. The van der Waals surface area contributed by atoms with Crippen molar-refractivity contribution in [2.45, 2.75) is 82.7 Å². The second-order valence-electron chi connectivity index (χ2n) is 5.62. The van der Waals surface area contributed by atoms with Gasteiger partial charge in [-0.05, 0) is 19.3 Å². The van der Waals surface area contributed by atoms with E-state index in [-0.39, 0.29) is 34.1 Å². The van der Waals surface area contributed by atoms with E-state index in [1.165, 1.54) is 19.3 Å². The first-order valence-electron chi connectivity index (χ1n) is 7.74. The number of rotatable bonds is 14. The number of carbonyl (C=O) groups is 2. The monoisotopic (exact) mass is 318 g/mol. The largest absolute Gasteiger partial charge is 0.481 e. The van der Waals surface area contributed by atoms with Crippen molar-refractivity contribution in [2.24, 2.45) is 0 Å². The fourth-order valence-electron chi connectivity index (χ4n) is 2.43. The third-order valence-corrected chi connectivity index (χ3v) is 4.86. The number of carboxylic acids is 2. The third kappa shape index (κ3) is 10.4. The quantitative estimate of drug-likeness (QED) is 0.363. The molecular weight excluding hydrogens is 291 g/mol. The highest BCUT2D eigenvalue weighted by atomic mass is 31.1. The van der Waals surface area contributed by atoms with Crippen molar-refractivity contribution in [1.82, 2.24) is 0 Å². The van der Waals surface area contributed by atoms with Crippen LogP contribution in [0, 0.1) is 0 Å². The maximum Gasteiger partial charge on any atom is 0.303 e. The molecular formula is C15H27O5P. The van der Waals surface area contributed by atoms with Crippen LogP contribution < -0.4 is 0 Å². The second-order valence-corrected chi connectivity index (χ2v) is 6.75. The molecule has 0 aromatic carbocycles. The molecule has 0 saturated heterocycles. The average Bonchev–Trinajstić information content (AvgIpc) is 2.45. The Balaban J connectivity index is 4.35. The Morgan fingerprint density at radius 1 is 0.857 bits per heavy atom. The lowest BCUT2D eigenvalue weighted by atomic mass is 9.90. The Hall–Kier alpha value is -0.960. The van der Waals surface area contributed by atoms with E-state index in [9.17, 15) is 14.2 Å². The van der Waals surface area contributed by atoms with Crippen LogP contribution in [0.5, 0.6) is 0 Å². The molecule has 0 atom stereocenters. The summed E-state index contributed by atoms with van der Waals surface area (Å²) >= 11 is 0. The summed E-state index contributed by atoms with van der Waals surface area (Å²) in [5.41, 5.74) is 0. The lowest BCUT2D eigenvalue weighted by molar-refractivity contribution is -0.137. The van der Waals surface area contributed by atoms with Crippen molar-refractivity contribution in [2.75, 3.05) is 0 Å². The highest BCUT2D eigenvalue weighted by molar-refractivity contribution is 7.26. The zero-order valence-electron chi connectivity index (χ0n) is 12.8. The van der Waals surface area contributed by atoms with Gasteiger partial charge >= 0.3 is 11.9 Å². The Morgan fingerprint density at radius 3 is 1.76 bits per heavy atom. The summed E-state index contributed by atoms with van der Waals surface area (Å²) in [6.45, 7) is 2.15. The first kappa shape index (κ1) is 20.0. The molecule has 122 valence electrons. The fraction of sp³-hybridized carbons (Fsp3) is 0.867. The Bertz CT molecular complexity index is 312. The lowest BCUT2D eigenvalue weighted by Gasteiger charge is -2.25. The lowest BCUT2D eigenvalue weighted by Crippen LogP contribution is -2.24. The van der Waals surface area contributed by atoms with Crippen molar-refractivity contribution in [3.05, 3.63) is 0 Å². The zero-order valence-corrected chi connectivity index (χ0v) is 13.7. The predicted octanol–water partition coefficient (Wildman–Crippen LogP) is 4.50. The van der Waals surface area contributed by atoms with Gasteiger partial charge in [0.2, 0.25) is 0 Å². The number of aliphatic carboxylic acids is 2. The van der Waals surface area contributed by atoms with Gasteiger partial charge in [0, 0.05) is 12.8 Å². The molecule has 21 heavy (non-hydrogen) atoms. The van der Waals surface area contributed by atoms with Gasteiger partial charge in [-0.25, -0.2) is 0 Å². The van der Waals surface area contributed by atoms with E-state index in [1.54, 1.807) is 0 Å². The summed E-state index contributed by atoms with van der Waals surface area (Å²) in [7, 11) is -0.127. The van der Waals surface area contributed by atoms with Gasteiger partial charge in [-0.3, -0.25) is 14.2 Å². The second kappa shape index (κ2) is 11.7. The van der Waals surface area contributed by atoms with Crippen LogP contribution in [0.3, 0.4) is 0 Å². The van der Waals surface area contributed by atoms with E-state index in [2.05, 4.69) is 6.92 Å². The van der Waals surface area contributed by atoms with E-state index < -0.39 is 17.1 Å². The molecule has 0 bridgehead atoms. The molecule has 0 amide bonds. The number of unbranched alkanes of at least 4 members (excludes halogenated alkanes) is 5. The molecule has 0 aromatic heterocycles. The van der Waals surface area contributed by atoms with E-state index >= 15 is 0 Å². The van der Waals surface area contributed by atoms with Gasteiger partial charge < -0.3 is 10.2 Å². The Labute approximate surface area is 128 Å². The molecule has 0 aromatic rings. The molecule has 0 heterocycles. The first-order valence-corrected chi connectivity index (χ1v) is 8.55. The summed E-state index contributed by atoms with van der Waals surface area (Å²) in [6, 6.07) is 0. The molecule has 0 rings (SSSR count).